The zero-order valence-corrected chi connectivity index (χ0v) is 9.83. The fraction of sp³-hybridized carbons (Fsp3) is 0.214. The number of benzene rings is 1. The van der Waals surface area contributed by atoms with Crippen LogP contribution in [-0.4, -0.2) is 12.6 Å². The average molecular weight is 234 g/mol. The molecule has 0 saturated carbocycles. The van der Waals surface area contributed by atoms with Gasteiger partial charge in [-0.3, -0.25) is 0 Å². The van der Waals surface area contributed by atoms with Gasteiger partial charge >= 0.3 is 5.97 Å². The molecule has 90 valence electrons. The topological polar surface area (TPSA) is 26.3 Å². The largest absolute Gasteiger partial charge is 0.463 e. The molecule has 3 heteroatoms. The van der Waals surface area contributed by atoms with Crippen molar-refractivity contribution in [2.24, 2.45) is 0 Å². The fourth-order valence-corrected chi connectivity index (χ4v) is 1.41. The van der Waals surface area contributed by atoms with Crippen LogP contribution in [-0.2, 0) is 9.53 Å². The quantitative estimate of drug-likeness (QED) is 0.577. The molecular weight excluding hydrogens is 219 g/mol. The maximum atomic E-state index is 13.4. The van der Waals surface area contributed by atoms with E-state index in [1.165, 1.54) is 6.07 Å². The molecule has 17 heavy (non-hydrogen) atoms. The van der Waals surface area contributed by atoms with Gasteiger partial charge in [0.2, 0.25) is 0 Å². The third-order valence-electron chi connectivity index (χ3n) is 2.25. The minimum Gasteiger partial charge on any atom is -0.463 e. The number of allylic oxidation sites excluding steroid dienone is 1. The van der Waals surface area contributed by atoms with Gasteiger partial charge in [0.15, 0.2) is 0 Å². The first-order valence-electron chi connectivity index (χ1n) is 5.33. The summed E-state index contributed by atoms with van der Waals surface area (Å²) in [5.74, 6) is -0.820. The molecule has 0 heterocycles. The Balaban J connectivity index is 2.71. The van der Waals surface area contributed by atoms with E-state index in [1.54, 1.807) is 25.1 Å². The lowest BCUT2D eigenvalue weighted by Gasteiger charge is -2.08. The van der Waals surface area contributed by atoms with Crippen molar-refractivity contribution in [2.45, 2.75) is 13.3 Å². The molecule has 0 N–H and O–H groups in total. The van der Waals surface area contributed by atoms with E-state index >= 15 is 0 Å². The van der Waals surface area contributed by atoms with Crippen molar-refractivity contribution in [3.05, 3.63) is 54.4 Å². The molecule has 0 radical (unpaired) electrons. The number of ether oxygens (including phenoxy) is 1. The number of carbonyl (C=O) groups is 1. The van der Waals surface area contributed by atoms with E-state index < -0.39 is 5.97 Å². The van der Waals surface area contributed by atoms with E-state index in [1.807, 2.05) is 0 Å². The van der Waals surface area contributed by atoms with Crippen molar-refractivity contribution < 1.29 is 13.9 Å². The summed E-state index contributed by atoms with van der Waals surface area (Å²) in [6, 6.07) is 6.30. The summed E-state index contributed by atoms with van der Waals surface area (Å²) >= 11 is 0. The van der Waals surface area contributed by atoms with Crippen molar-refractivity contribution in [1.29, 1.82) is 0 Å². The molecule has 0 aliphatic rings. The SMILES string of the molecule is C=C(CC(=C)c1ccccc1F)C(=O)OCC. The highest BCUT2D eigenvalue weighted by Gasteiger charge is 2.12. The van der Waals surface area contributed by atoms with Crippen molar-refractivity contribution in [1.82, 2.24) is 0 Å². The van der Waals surface area contributed by atoms with Gasteiger partial charge in [-0.05, 0) is 18.6 Å². The highest BCUT2D eigenvalue weighted by Crippen LogP contribution is 2.22. The summed E-state index contributed by atoms with van der Waals surface area (Å²) < 4.78 is 18.2. The Labute approximate surface area is 100 Å². The molecule has 2 nitrogen and oxygen atoms in total. The van der Waals surface area contributed by atoms with Crippen LogP contribution in [0.15, 0.2) is 43.0 Å². The molecule has 0 unspecified atom stereocenters. The van der Waals surface area contributed by atoms with E-state index in [0.717, 1.165) is 0 Å². The summed E-state index contributed by atoms with van der Waals surface area (Å²) in [6.45, 7) is 9.38. The van der Waals surface area contributed by atoms with Crippen LogP contribution in [0.2, 0.25) is 0 Å². The summed E-state index contributed by atoms with van der Waals surface area (Å²) in [6.07, 6.45) is 0.208. The number of esters is 1. The lowest BCUT2D eigenvalue weighted by Crippen LogP contribution is -2.07. The zero-order chi connectivity index (χ0) is 12.8. The van der Waals surface area contributed by atoms with Crippen molar-refractivity contribution in [3.63, 3.8) is 0 Å². The molecule has 0 amide bonds. The van der Waals surface area contributed by atoms with Crippen LogP contribution >= 0.6 is 0 Å². The Morgan fingerprint density at radius 2 is 2.00 bits per heavy atom. The Hall–Kier alpha value is -1.90. The molecule has 1 aromatic carbocycles. The Morgan fingerprint density at radius 3 is 2.59 bits per heavy atom. The lowest BCUT2D eigenvalue weighted by atomic mass is 10.0. The van der Waals surface area contributed by atoms with Crippen LogP contribution in [0.25, 0.3) is 5.57 Å². The molecule has 0 bridgehead atoms. The molecule has 0 spiro atoms. The molecule has 1 aromatic rings. The molecule has 0 aromatic heterocycles. The Bertz CT molecular complexity index is 449. The zero-order valence-electron chi connectivity index (χ0n) is 9.83. The van der Waals surface area contributed by atoms with Gasteiger partial charge in [-0.2, -0.15) is 0 Å². The second-order valence-electron chi connectivity index (χ2n) is 3.58. The van der Waals surface area contributed by atoms with Gasteiger partial charge in [-0.25, -0.2) is 9.18 Å². The van der Waals surface area contributed by atoms with Gasteiger partial charge in [0.1, 0.15) is 5.82 Å². The monoisotopic (exact) mass is 234 g/mol. The van der Waals surface area contributed by atoms with E-state index in [0.29, 0.717) is 17.7 Å². The van der Waals surface area contributed by atoms with E-state index in [2.05, 4.69) is 13.2 Å². The second-order valence-corrected chi connectivity index (χ2v) is 3.58. The summed E-state index contributed by atoms with van der Waals surface area (Å²) in [5.41, 5.74) is 1.19. The van der Waals surface area contributed by atoms with E-state index in [4.69, 9.17) is 4.74 Å². The van der Waals surface area contributed by atoms with Gasteiger partial charge in [-0.15, -0.1) is 0 Å². The summed E-state index contributed by atoms with van der Waals surface area (Å²) in [5, 5.41) is 0. The van der Waals surface area contributed by atoms with Gasteiger partial charge in [0.25, 0.3) is 0 Å². The van der Waals surface area contributed by atoms with Crippen LogP contribution < -0.4 is 0 Å². The van der Waals surface area contributed by atoms with Gasteiger partial charge in [-0.1, -0.05) is 31.4 Å². The van der Waals surface area contributed by atoms with Gasteiger partial charge in [0.05, 0.1) is 6.61 Å². The van der Waals surface area contributed by atoms with E-state index in [-0.39, 0.29) is 17.8 Å². The third-order valence-corrected chi connectivity index (χ3v) is 2.25. The number of halogens is 1. The van der Waals surface area contributed by atoms with Crippen LogP contribution in [0.4, 0.5) is 4.39 Å². The molecule has 0 atom stereocenters. The summed E-state index contributed by atoms with van der Waals surface area (Å²) in [4.78, 5) is 11.3. The maximum absolute atomic E-state index is 13.4. The third kappa shape index (κ3) is 3.55. The van der Waals surface area contributed by atoms with Crippen molar-refractivity contribution in [2.75, 3.05) is 6.61 Å². The summed E-state index contributed by atoms with van der Waals surface area (Å²) in [7, 11) is 0. The standard InChI is InChI=1S/C14H15FO2/c1-4-17-14(16)11(3)9-10(2)12-7-5-6-8-13(12)15/h5-8H,2-4,9H2,1H3. The second kappa shape index (κ2) is 5.99. The van der Waals surface area contributed by atoms with Crippen LogP contribution in [0.5, 0.6) is 0 Å². The minimum atomic E-state index is -0.468. The average Bonchev–Trinajstić information content (AvgIpc) is 2.29. The normalized spacial score (nSPS) is 9.76. The van der Waals surface area contributed by atoms with Gasteiger partial charge < -0.3 is 4.74 Å². The highest BCUT2D eigenvalue weighted by atomic mass is 19.1. The van der Waals surface area contributed by atoms with Crippen LogP contribution in [0.1, 0.15) is 18.9 Å². The Kier molecular flexibility index (Phi) is 4.64. The van der Waals surface area contributed by atoms with Crippen molar-refractivity contribution >= 4 is 11.5 Å². The smallest absolute Gasteiger partial charge is 0.333 e. The fourth-order valence-electron chi connectivity index (χ4n) is 1.41. The first kappa shape index (κ1) is 13.2. The molecule has 0 saturated heterocycles. The predicted octanol–water partition coefficient (Wildman–Crippen LogP) is 3.35. The van der Waals surface area contributed by atoms with E-state index in [9.17, 15) is 9.18 Å². The number of carbonyl (C=O) groups excluding carboxylic acids is 1. The first-order chi connectivity index (χ1) is 8.06. The van der Waals surface area contributed by atoms with Crippen LogP contribution in [0, 0.1) is 5.82 Å². The molecule has 1 rings (SSSR count). The first-order valence-corrected chi connectivity index (χ1v) is 5.33. The number of hydrogen-bond donors (Lipinski definition) is 0. The maximum Gasteiger partial charge on any atom is 0.333 e. The van der Waals surface area contributed by atoms with Crippen molar-refractivity contribution in [3.8, 4) is 0 Å². The molecule has 0 aliphatic carbocycles. The van der Waals surface area contributed by atoms with Gasteiger partial charge in [0, 0.05) is 17.6 Å². The minimum absolute atomic E-state index is 0.208. The molecule has 0 aliphatic heterocycles. The van der Waals surface area contributed by atoms with Crippen LogP contribution in [0.3, 0.4) is 0 Å². The molecule has 0 fully saturated rings. The molecular formula is C14H15FO2. The number of rotatable bonds is 5. The highest BCUT2D eigenvalue weighted by molar-refractivity contribution is 5.90. The number of hydrogen-bond acceptors (Lipinski definition) is 2. The lowest BCUT2D eigenvalue weighted by molar-refractivity contribution is -0.138. The predicted molar refractivity (Wildman–Crippen MR) is 65.8 cm³/mol. The Morgan fingerprint density at radius 1 is 1.35 bits per heavy atom.